The van der Waals surface area contributed by atoms with Crippen molar-refractivity contribution in [2.45, 2.75) is 57.1 Å². The van der Waals surface area contributed by atoms with Crippen LogP contribution in [0.15, 0.2) is 57.3 Å². The number of rotatable bonds is 12. The van der Waals surface area contributed by atoms with Crippen LogP contribution >= 0.6 is 7.75 Å². The molecule has 6 atom stereocenters. The van der Waals surface area contributed by atoms with Gasteiger partial charge in [0.05, 0.1) is 6.10 Å². The summed E-state index contributed by atoms with van der Waals surface area (Å²) in [4.78, 5) is 41.0. The lowest BCUT2D eigenvalue weighted by molar-refractivity contribution is -0.266. The Kier molecular flexibility index (Phi) is 9.69. The maximum atomic E-state index is 13.8. The zero-order chi connectivity index (χ0) is 28.8. The quantitative estimate of drug-likeness (QED) is 0.110. The Morgan fingerprint density at radius 2 is 2.00 bits per heavy atom. The van der Waals surface area contributed by atoms with Crippen molar-refractivity contribution in [1.82, 2.24) is 14.6 Å². The number of para-hydroxylation sites is 1. The molecule has 1 aliphatic rings. The molecule has 1 saturated heterocycles. The first-order valence-corrected chi connectivity index (χ1v) is 13.2. The van der Waals surface area contributed by atoms with Gasteiger partial charge in [-0.1, -0.05) is 23.3 Å². The summed E-state index contributed by atoms with van der Waals surface area (Å²) >= 11 is 0. The zero-order valence-corrected chi connectivity index (χ0v) is 22.4. The smallest absolute Gasteiger partial charge is 0.459 e. The van der Waals surface area contributed by atoms with E-state index >= 15 is 0 Å². The van der Waals surface area contributed by atoms with Gasteiger partial charge in [0.15, 0.2) is 6.23 Å². The number of ether oxygens (including phenoxy) is 3. The van der Waals surface area contributed by atoms with Gasteiger partial charge in [0.25, 0.3) is 5.56 Å². The van der Waals surface area contributed by atoms with Crippen LogP contribution in [0.1, 0.15) is 27.0 Å². The van der Waals surface area contributed by atoms with Gasteiger partial charge < -0.3 is 23.8 Å². The van der Waals surface area contributed by atoms with Crippen molar-refractivity contribution in [3.8, 4) is 5.75 Å². The number of hydrogen-bond donors (Lipinski definition) is 3. The summed E-state index contributed by atoms with van der Waals surface area (Å²) in [6.07, 6.45) is -2.57. The Balaban J connectivity index is 1.92. The van der Waals surface area contributed by atoms with E-state index < -0.39 is 67.9 Å². The molecule has 212 valence electrons. The first-order valence-electron chi connectivity index (χ1n) is 11.7. The number of methoxy groups -OCH3 is 1. The molecular formula is C22H29N6O10P. The SMILES string of the molecule is CO[C@]1(CO[P@@](=O)(N[C@H](C)C(=O)OC(C)C)Oc2ccccc2)OC(n2ccc(=O)[nH]c2=O)[C@H](N=[N+]=[N-])[C@@H]1O. The molecule has 3 rings (SSSR count). The van der Waals surface area contributed by atoms with Gasteiger partial charge in [-0.3, -0.25) is 23.7 Å². The molecular weight excluding hydrogens is 539 g/mol. The minimum Gasteiger partial charge on any atom is -0.462 e. The van der Waals surface area contributed by atoms with Crippen LogP contribution in [0.25, 0.3) is 10.4 Å². The van der Waals surface area contributed by atoms with Crippen molar-refractivity contribution in [2.75, 3.05) is 13.7 Å². The second kappa shape index (κ2) is 12.6. The standard InChI is InChI=1S/C22H29N6O10P/c1-13(2)36-20(31)14(3)26-39(33,38-15-8-6-5-7-9-15)35-12-22(34-4)18(30)17(25-27-23)19(37-22)28-11-10-16(29)24-21(28)32/h5-11,13-14,17-19,30H,12H2,1-4H3,(H,26,33)(H,24,29,32)/t14-,17-,18+,19?,22-,39+/m1/s1. The molecule has 1 fully saturated rings. The van der Waals surface area contributed by atoms with Crippen molar-refractivity contribution in [2.24, 2.45) is 5.11 Å². The molecule has 16 nitrogen and oxygen atoms in total. The highest BCUT2D eigenvalue weighted by Crippen LogP contribution is 2.48. The number of aliphatic hydroxyl groups excluding tert-OH is 1. The zero-order valence-electron chi connectivity index (χ0n) is 21.5. The van der Waals surface area contributed by atoms with E-state index in [0.29, 0.717) is 0 Å². The minimum atomic E-state index is -4.41. The average molecular weight is 568 g/mol. The fourth-order valence-corrected chi connectivity index (χ4v) is 5.15. The number of benzene rings is 1. The lowest BCUT2D eigenvalue weighted by Gasteiger charge is -2.32. The molecule has 17 heteroatoms. The summed E-state index contributed by atoms with van der Waals surface area (Å²) in [7, 11) is -3.28. The second-order valence-corrected chi connectivity index (χ2v) is 10.4. The number of aromatic amines is 1. The molecule has 2 heterocycles. The van der Waals surface area contributed by atoms with Crippen molar-refractivity contribution < 1.29 is 37.7 Å². The Labute approximate surface area is 222 Å². The maximum Gasteiger partial charge on any atom is 0.459 e. The van der Waals surface area contributed by atoms with Gasteiger partial charge in [-0.15, -0.1) is 0 Å². The molecule has 1 aromatic heterocycles. The molecule has 3 N–H and O–H groups in total. The van der Waals surface area contributed by atoms with Crippen LogP contribution in [0, 0.1) is 0 Å². The van der Waals surface area contributed by atoms with E-state index in [4.69, 9.17) is 28.8 Å². The van der Waals surface area contributed by atoms with Crippen molar-refractivity contribution >= 4 is 13.7 Å². The van der Waals surface area contributed by atoms with E-state index in [-0.39, 0.29) is 5.75 Å². The minimum absolute atomic E-state index is 0.127. The van der Waals surface area contributed by atoms with Gasteiger partial charge in [0.2, 0.25) is 5.79 Å². The molecule has 2 aromatic rings. The van der Waals surface area contributed by atoms with E-state index in [9.17, 15) is 24.1 Å². The summed E-state index contributed by atoms with van der Waals surface area (Å²) in [5, 5.41) is 17.1. The van der Waals surface area contributed by atoms with Crippen LogP contribution in [0.2, 0.25) is 0 Å². The molecule has 1 unspecified atom stereocenters. The summed E-state index contributed by atoms with van der Waals surface area (Å²) in [6.45, 7) is 3.89. The normalized spacial score (nSPS) is 24.9. The van der Waals surface area contributed by atoms with E-state index in [0.717, 1.165) is 23.9 Å². The van der Waals surface area contributed by atoms with Gasteiger partial charge >= 0.3 is 19.4 Å². The fourth-order valence-electron chi connectivity index (χ4n) is 3.65. The lowest BCUT2D eigenvalue weighted by atomic mass is 10.1. The molecule has 0 saturated carbocycles. The molecule has 1 aliphatic heterocycles. The highest BCUT2D eigenvalue weighted by molar-refractivity contribution is 7.52. The average Bonchev–Trinajstić information content (AvgIpc) is 3.15. The Bertz CT molecular complexity index is 1360. The number of H-pyrrole nitrogens is 1. The van der Waals surface area contributed by atoms with E-state index in [1.807, 2.05) is 4.98 Å². The number of carbonyl (C=O) groups excluding carboxylic acids is 1. The monoisotopic (exact) mass is 568 g/mol. The third-order valence-electron chi connectivity index (χ3n) is 5.50. The molecule has 0 aliphatic carbocycles. The number of hydrogen-bond acceptors (Lipinski definition) is 11. The van der Waals surface area contributed by atoms with E-state index in [2.05, 4.69) is 15.1 Å². The number of esters is 1. The van der Waals surface area contributed by atoms with Gasteiger partial charge in [-0.05, 0) is 38.4 Å². The topological polar surface area (TPSA) is 216 Å². The highest BCUT2D eigenvalue weighted by Gasteiger charge is 2.57. The van der Waals surface area contributed by atoms with Crippen LogP contribution in [0.4, 0.5) is 0 Å². The van der Waals surface area contributed by atoms with E-state index in [1.165, 1.54) is 19.1 Å². The molecule has 0 spiro atoms. The van der Waals surface area contributed by atoms with Crippen LogP contribution in [-0.4, -0.2) is 64.4 Å². The third-order valence-corrected chi connectivity index (χ3v) is 7.13. The Morgan fingerprint density at radius 3 is 2.59 bits per heavy atom. The van der Waals surface area contributed by atoms with Crippen LogP contribution in [0.3, 0.4) is 0 Å². The van der Waals surface area contributed by atoms with E-state index in [1.54, 1.807) is 32.0 Å². The van der Waals surface area contributed by atoms with Crippen molar-refractivity contribution in [3.05, 3.63) is 73.9 Å². The number of carbonyl (C=O) groups is 1. The molecule has 1 aromatic carbocycles. The summed E-state index contributed by atoms with van der Waals surface area (Å²) in [5.41, 5.74) is 7.46. The Hall–Kier alpha value is -3.49. The third kappa shape index (κ3) is 7.13. The summed E-state index contributed by atoms with van der Waals surface area (Å²) < 4.78 is 42.2. The van der Waals surface area contributed by atoms with Gasteiger partial charge in [0, 0.05) is 24.3 Å². The number of azide groups is 1. The van der Waals surface area contributed by atoms with Gasteiger partial charge in [-0.2, -0.15) is 5.09 Å². The van der Waals surface area contributed by atoms with Crippen molar-refractivity contribution in [1.29, 1.82) is 0 Å². The van der Waals surface area contributed by atoms with Crippen LogP contribution in [0.5, 0.6) is 5.75 Å². The number of aromatic nitrogens is 2. The maximum absolute atomic E-state index is 13.8. The summed E-state index contributed by atoms with van der Waals surface area (Å²) in [6, 6.07) is 6.36. The first kappa shape index (κ1) is 30.1. The number of nitrogens with zero attached hydrogens (tertiary/aromatic N) is 4. The fraction of sp³-hybridized carbons (Fsp3) is 0.500. The highest BCUT2D eigenvalue weighted by atomic mass is 31.2. The molecule has 0 amide bonds. The molecule has 39 heavy (non-hydrogen) atoms. The summed E-state index contributed by atoms with van der Waals surface area (Å²) in [5.74, 6) is -2.75. The molecule has 0 radical (unpaired) electrons. The number of nitrogens with one attached hydrogen (secondary N) is 2. The lowest BCUT2D eigenvalue weighted by Crippen LogP contribution is -2.48. The predicted octanol–water partition coefficient (Wildman–Crippen LogP) is 1.58. The largest absolute Gasteiger partial charge is 0.462 e. The Morgan fingerprint density at radius 1 is 1.31 bits per heavy atom. The molecule has 0 bridgehead atoms. The van der Waals surface area contributed by atoms with Gasteiger partial charge in [-0.25, -0.2) is 9.36 Å². The van der Waals surface area contributed by atoms with Crippen molar-refractivity contribution in [3.63, 3.8) is 0 Å². The van der Waals surface area contributed by atoms with Crippen LogP contribution < -0.4 is 20.9 Å². The predicted molar refractivity (Wildman–Crippen MR) is 135 cm³/mol. The second-order valence-electron chi connectivity index (χ2n) is 8.69. The van der Waals surface area contributed by atoms with Gasteiger partial charge in [0.1, 0.15) is 30.5 Å². The number of aliphatic hydroxyl groups is 1. The van der Waals surface area contributed by atoms with Crippen LogP contribution in [-0.2, 0) is 28.1 Å². The first-order chi connectivity index (χ1) is 18.4.